The molecule has 0 saturated heterocycles. The first-order valence-electron chi connectivity index (χ1n) is 6.18. The van der Waals surface area contributed by atoms with Crippen molar-refractivity contribution < 1.29 is 4.74 Å². The lowest BCUT2D eigenvalue weighted by molar-refractivity contribution is 0.470. The number of ether oxygens (including phenoxy) is 1. The number of aryl methyl sites for hydroxylation is 2. The monoisotopic (exact) mass is 369 g/mol. The van der Waals surface area contributed by atoms with Crippen LogP contribution in [0.2, 0.25) is 0 Å². The first kappa shape index (κ1) is 14.1. The molecule has 0 radical (unpaired) electrons. The standard InChI is InChI=1S/C15H16INO2/c1-4-12-10(3)17-15(18)13(16)14(12)19-11-7-5-6-9(2)8-11/h5-8H,4H2,1-3H3,(H,17,18). The summed E-state index contributed by atoms with van der Waals surface area (Å²) in [4.78, 5) is 14.7. The van der Waals surface area contributed by atoms with Gasteiger partial charge in [0.1, 0.15) is 9.32 Å². The number of benzene rings is 1. The fourth-order valence-electron chi connectivity index (χ4n) is 2.04. The molecule has 0 unspecified atom stereocenters. The van der Waals surface area contributed by atoms with Crippen LogP contribution in [0.5, 0.6) is 11.5 Å². The molecule has 0 saturated carbocycles. The molecule has 2 aromatic rings. The lowest BCUT2D eigenvalue weighted by atomic mass is 10.1. The molecule has 1 aromatic carbocycles. The molecule has 0 aliphatic rings. The smallest absolute Gasteiger partial charge is 0.265 e. The minimum absolute atomic E-state index is 0.0991. The Morgan fingerprint density at radius 3 is 2.68 bits per heavy atom. The van der Waals surface area contributed by atoms with E-state index < -0.39 is 0 Å². The molecule has 0 aliphatic heterocycles. The Hall–Kier alpha value is -1.30. The minimum Gasteiger partial charge on any atom is -0.456 e. The van der Waals surface area contributed by atoms with Gasteiger partial charge in [0, 0.05) is 11.3 Å². The molecule has 100 valence electrons. The first-order chi connectivity index (χ1) is 9.02. The molecule has 1 heterocycles. The van der Waals surface area contributed by atoms with Crippen LogP contribution < -0.4 is 10.3 Å². The number of aromatic amines is 1. The number of aromatic nitrogens is 1. The van der Waals surface area contributed by atoms with Crippen molar-refractivity contribution in [2.24, 2.45) is 0 Å². The third-order valence-corrected chi connectivity index (χ3v) is 3.97. The van der Waals surface area contributed by atoms with Gasteiger partial charge in [0.05, 0.1) is 0 Å². The molecule has 1 aromatic heterocycles. The molecule has 0 amide bonds. The maximum absolute atomic E-state index is 11.8. The number of rotatable bonds is 3. The van der Waals surface area contributed by atoms with Gasteiger partial charge < -0.3 is 9.72 Å². The number of halogens is 1. The zero-order valence-electron chi connectivity index (χ0n) is 11.2. The highest BCUT2D eigenvalue weighted by molar-refractivity contribution is 14.1. The van der Waals surface area contributed by atoms with E-state index >= 15 is 0 Å². The van der Waals surface area contributed by atoms with E-state index in [0.717, 1.165) is 29.0 Å². The maximum Gasteiger partial charge on any atom is 0.265 e. The number of pyridine rings is 1. The van der Waals surface area contributed by atoms with Crippen molar-refractivity contribution in [3.05, 3.63) is 55.0 Å². The van der Waals surface area contributed by atoms with Crippen molar-refractivity contribution >= 4 is 22.6 Å². The second-order valence-corrected chi connectivity index (χ2v) is 5.55. The van der Waals surface area contributed by atoms with E-state index in [1.807, 2.05) is 60.7 Å². The second kappa shape index (κ2) is 5.77. The Bertz CT molecular complexity index is 662. The average Bonchev–Trinajstić information content (AvgIpc) is 2.36. The third kappa shape index (κ3) is 3.00. The summed E-state index contributed by atoms with van der Waals surface area (Å²) in [5, 5.41) is 0. The van der Waals surface area contributed by atoms with Crippen molar-refractivity contribution in [1.82, 2.24) is 4.98 Å². The first-order valence-corrected chi connectivity index (χ1v) is 7.26. The highest BCUT2D eigenvalue weighted by atomic mass is 127. The summed E-state index contributed by atoms with van der Waals surface area (Å²) in [6.45, 7) is 5.97. The summed E-state index contributed by atoms with van der Waals surface area (Å²) in [6, 6.07) is 7.83. The van der Waals surface area contributed by atoms with Gasteiger partial charge in [-0.1, -0.05) is 19.1 Å². The van der Waals surface area contributed by atoms with Crippen LogP contribution >= 0.6 is 22.6 Å². The number of hydrogen-bond acceptors (Lipinski definition) is 2. The minimum atomic E-state index is -0.0991. The van der Waals surface area contributed by atoms with Gasteiger partial charge in [0.2, 0.25) is 0 Å². The van der Waals surface area contributed by atoms with E-state index in [0.29, 0.717) is 9.32 Å². The Morgan fingerprint density at radius 1 is 1.32 bits per heavy atom. The zero-order valence-corrected chi connectivity index (χ0v) is 13.4. The van der Waals surface area contributed by atoms with Gasteiger partial charge in [-0.2, -0.15) is 0 Å². The van der Waals surface area contributed by atoms with Crippen molar-refractivity contribution in [3.63, 3.8) is 0 Å². The van der Waals surface area contributed by atoms with Gasteiger partial charge in [-0.25, -0.2) is 0 Å². The number of H-pyrrole nitrogens is 1. The molecule has 1 N–H and O–H groups in total. The third-order valence-electron chi connectivity index (χ3n) is 2.99. The van der Waals surface area contributed by atoms with E-state index in [9.17, 15) is 4.79 Å². The highest BCUT2D eigenvalue weighted by Crippen LogP contribution is 2.30. The molecular weight excluding hydrogens is 353 g/mol. The Balaban J connectivity index is 2.53. The summed E-state index contributed by atoms with van der Waals surface area (Å²) in [5.74, 6) is 1.44. The second-order valence-electron chi connectivity index (χ2n) is 4.47. The number of nitrogens with one attached hydrogen (secondary N) is 1. The molecule has 0 fully saturated rings. The molecule has 0 atom stereocenters. The Morgan fingerprint density at radius 2 is 2.05 bits per heavy atom. The fraction of sp³-hybridized carbons (Fsp3) is 0.267. The van der Waals surface area contributed by atoms with E-state index in [-0.39, 0.29) is 5.56 Å². The molecule has 0 aliphatic carbocycles. The van der Waals surface area contributed by atoms with Crippen LogP contribution in [0.1, 0.15) is 23.7 Å². The van der Waals surface area contributed by atoms with Crippen LogP contribution in [0.4, 0.5) is 0 Å². The Kier molecular flexibility index (Phi) is 4.29. The molecule has 2 rings (SSSR count). The normalized spacial score (nSPS) is 10.5. The molecule has 19 heavy (non-hydrogen) atoms. The molecule has 0 spiro atoms. The number of hydrogen-bond donors (Lipinski definition) is 1. The van der Waals surface area contributed by atoms with Crippen LogP contribution in [-0.4, -0.2) is 4.98 Å². The van der Waals surface area contributed by atoms with Gasteiger partial charge in [0.25, 0.3) is 5.56 Å². The lowest BCUT2D eigenvalue weighted by Gasteiger charge is -2.14. The van der Waals surface area contributed by atoms with E-state index in [1.54, 1.807) is 0 Å². The SMILES string of the molecule is CCc1c(C)[nH]c(=O)c(I)c1Oc1cccc(C)c1. The van der Waals surface area contributed by atoms with E-state index in [2.05, 4.69) is 11.9 Å². The molecule has 3 nitrogen and oxygen atoms in total. The van der Waals surface area contributed by atoms with Gasteiger partial charge in [0.15, 0.2) is 5.75 Å². The van der Waals surface area contributed by atoms with Gasteiger partial charge in [-0.3, -0.25) is 4.79 Å². The van der Waals surface area contributed by atoms with Crippen LogP contribution in [-0.2, 0) is 6.42 Å². The summed E-state index contributed by atoms with van der Waals surface area (Å²) < 4.78 is 6.54. The topological polar surface area (TPSA) is 42.1 Å². The largest absolute Gasteiger partial charge is 0.456 e. The summed E-state index contributed by atoms with van der Waals surface area (Å²) in [5.41, 5.74) is 2.95. The zero-order chi connectivity index (χ0) is 14.0. The predicted molar refractivity (Wildman–Crippen MR) is 85.1 cm³/mol. The van der Waals surface area contributed by atoms with Crippen molar-refractivity contribution in [3.8, 4) is 11.5 Å². The maximum atomic E-state index is 11.8. The van der Waals surface area contributed by atoms with Crippen LogP contribution in [0.3, 0.4) is 0 Å². The average molecular weight is 369 g/mol. The van der Waals surface area contributed by atoms with Crippen molar-refractivity contribution in [2.45, 2.75) is 27.2 Å². The van der Waals surface area contributed by atoms with Crippen LogP contribution in [0.15, 0.2) is 29.1 Å². The summed E-state index contributed by atoms with van der Waals surface area (Å²) in [6.07, 6.45) is 0.819. The van der Waals surface area contributed by atoms with E-state index in [1.165, 1.54) is 0 Å². The van der Waals surface area contributed by atoms with Crippen LogP contribution in [0.25, 0.3) is 0 Å². The summed E-state index contributed by atoms with van der Waals surface area (Å²) >= 11 is 2.04. The predicted octanol–water partition coefficient (Wildman–Crippen LogP) is 3.95. The van der Waals surface area contributed by atoms with Gasteiger partial charge >= 0.3 is 0 Å². The van der Waals surface area contributed by atoms with Gasteiger partial charge in [-0.05, 0) is 60.6 Å². The van der Waals surface area contributed by atoms with Gasteiger partial charge in [-0.15, -0.1) is 0 Å². The van der Waals surface area contributed by atoms with Crippen molar-refractivity contribution in [1.29, 1.82) is 0 Å². The molecular formula is C15H16INO2. The molecule has 0 bridgehead atoms. The molecule has 4 heteroatoms. The van der Waals surface area contributed by atoms with Crippen LogP contribution in [0, 0.1) is 17.4 Å². The fourth-order valence-corrected chi connectivity index (χ4v) is 2.61. The Labute approximate surface area is 126 Å². The highest BCUT2D eigenvalue weighted by Gasteiger charge is 2.14. The summed E-state index contributed by atoms with van der Waals surface area (Å²) in [7, 11) is 0. The van der Waals surface area contributed by atoms with Crippen molar-refractivity contribution in [2.75, 3.05) is 0 Å². The van der Waals surface area contributed by atoms with E-state index in [4.69, 9.17) is 4.74 Å². The lowest BCUT2D eigenvalue weighted by Crippen LogP contribution is -2.15. The quantitative estimate of drug-likeness (QED) is 0.833.